The van der Waals surface area contributed by atoms with E-state index in [-0.39, 0.29) is 10.8 Å². The molecule has 5 aromatic carbocycles. The van der Waals surface area contributed by atoms with Gasteiger partial charge in [0.1, 0.15) is 24.0 Å². The maximum atomic E-state index is 6.69. The minimum Gasteiger partial charge on any atom is -0.457 e. The van der Waals surface area contributed by atoms with Gasteiger partial charge in [-0.05, 0) is 94.8 Å². The zero-order valence-corrected chi connectivity index (χ0v) is 32.2. The summed E-state index contributed by atoms with van der Waals surface area (Å²) in [6.45, 7) is 14.1. The summed E-state index contributed by atoms with van der Waals surface area (Å²) in [7, 11) is 0. The number of anilines is 4. The standard InChI is InChI=1S/C48H44N6O/c1-47(2,3)32-19-21-39(46-50-24-12-25-51-46)43(27-32)53-31-52(41-17-9-10-18-42(41)53)34-13-11-14-35(29-34)55-36-20-22-38-37-15-7-8-16-40(37)54(44(38)30-36)45-28-33(23-26-49-45)48(4,5)6/h7-30H,31H2,1-6H3. The fourth-order valence-electron chi connectivity index (χ4n) is 7.61. The molecule has 0 bridgehead atoms. The fraction of sp³-hybridized carbons (Fsp3) is 0.188. The molecule has 9 rings (SSSR count). The quantitative estimate of drug-likeness (QED) is 0.170. The van der Waals surface area contributed by atoms with Gasteiger partial charge in [-0.25, -0.2) is 15.0 Å². The van der Waals surface area contributed by atoms with Gasteiger partial charge in [0.2, 0.25) is 0 Å². The van der Waals surface area contributed by atoms with Crippen LogP contribution in [0.1, 0.15) is 52.7 Å². The minimum atomic E-state index is -0.0280. The fourth-order valence-corrected chi connectivity index (χ4v) is 7.61. The van der Waals surface area contributed by atoms with Crippen molar-refractivity contribution in [3.63, 3.8) is 0 Å². The van der Waals surface area contributed by atoms with E-state index in [9.17, 15) is 0 Å². The van der Waals surface area contributed by atoms with Crippen LogP contribution < -0.4 is 14.5 Å². The van der Waals surface area contributed by atoms with E-state index in [1.165, 1.54) is 16.5 Å². The van der Waals surface area contributed by atoms with Crippen LogP contribution in [-0.2, 0) is 10.8 Å². The van der Waals surface area contributed by atoms with Crippen LogP contribution in [0, 0.1) is 0 Å². The van der Waals surface area contributed by atoms with Crippen molar-refractivity contribution in [3.05, 3.63) is 157 Å². The maximum absolute atomic E-state index is 6.69. The van der Waals surface area contributed by atoms with Crippen molar-refractivity contribution >= 4 is 44.6 Å². The third-order valence-corrected chi connectivity index (χ3v) is 10.6. The van der Waals surface area contributed by atoms with Gasteiger partial charge in [0.15, 0.2) is 5.82 Å². The van der Waals surface area contributed by atoms with Crippen LogP contribution in [0.2, 0.25) is 0 Å². The summed E-state index contributed by atoms with van der Waals surface area (Å²) in [6.07, 6.45) is 5.52. The molecule has 272 valence electrons. The number of aromatic nitrogens is 4. The van der Waals surface area contributed by atoms with Crippen molar-refractivity contribution in [2.75, 3.05) is 16.5 Å². The van der Waals surface area contributed by atoms with Crippen LogP contribution in [0.15, 0.2) is 146 Å². The summed E-state index contributed by atoms with van der Waals surface area (Å²) in [6, 6.07) is 44.7. The highest BCUT2D eigenvalue weighted by molar-refractivity contribution is 6.09. The molecule has 8 aromatic rings. The van der Waals surface area contributed by atoms with Crippen LogP contribution >= 0.6 is 0 Å². The molecule has 0 saturated heterocycles. The molecule has 0 radical (unpaired) electrons. The predicted molar refractivity (Wildman–Crippen MR) is 226 cm³/mol. The summed E-state index contributed by atoms with van der Waals surface area (Å²) in [5, 5.41) is 2.34. The Hall–Kier alpha value is -6.47. The molecular weight excluding hydrogens is 677 g/mol. The highest BCUT2D eigenvalue weighted by Crippen LogP contribution is 2.48. The predicted octanol–water partition coefficient (Wildman–Crippen LogP) is 12.3. The van der Waals surface area contributed by atoms with Gasteiger partial charge in [-0.1, -0.05) is 84.0 Å². The normalized spacial score (nSPS) is 13.1. The number of hydrogen-bond donors (Lipinski definition) is 0. The molecule has 7 heteroatoms. The smallest absolute Gasteiger partial charge is 0.161 e. The molecule has 0 saturated carbocycles. The topological polar surface area (TPSA) is 59.3 Å². The second kappa shape index (κ2) is 13.1. The number of para-hydroxylation sites is 3. The van der Waals surface area contributed by atoms with E-state index < -0.39 is 0 Å². The molecule has 0 spiro atoms. The average Bonchev–Trinajstić information content (AvgIpc) is 3.74. The Morgan fingerprint density at radius 3 is 1.98 bits per heavy atom. The van der Waals surface area contributed by atoms with Crippen LogP contribution in [-0.4, -0.2) is 26.2 Å². The lowest BCUT2D eigenvalue weighted by Gasteiger charge is -2.27. The first kappa shape index (κ1) is 34.3. The lowest BCUT2D eigenvalue weighted by Crippen LogP contribution is -2.25. The molecule has 0 unspecified atom stereocenters. The van der Waals surface area contributed by atoms with Crippen LogP contribution in [0.4, 0.5) is 22.7 Å². The van der Waals surface area contributed by atoms with E-state index in [1.54, 1.807) is 12.4 Å². The maximum Gasteiger partial charge on any atom is 0.161 e. The Bertz CT molecular complexity index is 2700. The monoisotopic (exact) mass is 720 g/mol. The van der Waals surface area contributed by atoms with E-state index in [1.807, 2.05) is 18.3 Å². The summed E-state index contributed by atoms with van der Waals surface area (Å²) >= 11 is 0. The van der Waals surface area contributed by atoms with E-state index >= 15 is 0 Å². The zero-order valence-electron chi connectivity index (χ0n) is 32.2. The van der Waals surface area contributed by atoms with Crippen LogP contribution in [0.5, 0.6) is 11.5 Å². The van der Waals surface area contributed by atoms with Gasteiger partial charge in [0.05, 0.1) is 28.1 Å². The first-order chi connectivity index (χ1) is 26.5. The molecule has 1 aliphatic heterocycles. The first-order valence-electron chi connectivity index (χ1n) is 18.9. The SMILES string of the molecule is CC(C)(C)c1ccnc(-n2c3ccccc3c3ccc(Oc4cccc(N5CN(c6cc(C(C)(C)C)ccc6-c6ncccn6)c6ccccc65)c4)cc32)c1. The van der Waals surface area contributed by atoms with Crippen molar-refractivity contribution in [1.82, 2.24) is 19.5 Å². The van der Waals surface area contributed by atoms with Gasteiger partial charge in [0.25, 0.3) is 0 Å². The number of ether oxygens (including phenoxy) is 1. The van der Waals surface area contributed by atoms with Gasteiger partial charge in [-0.3, -0.25) is 4.57 Å². The zero-order chi connectivity index (χ0) is 37.9. The van der Waals surface area contributed by atoms with Gasteiger partial charge in [0, 0.05) is 52.7 Å². The third-order valence-electron chi connectivity index (χ3n) is 10.6. The number of rotatable bonds is 6. The van der Waals surface area contributed by atoms with Crippen molar-refractivity contribution < 1.29 is 4.74 Å². The summed E-state index contributed by atoms with van der Waals surface area (Å²) < 4.78 is 8.94. The molecule has 55 heavy (non-hydrogen) atoms. The van der Waals surface area contributed by atoms with Gasteiger partial charge in [-0.15, -0.1) is 0 Å². The Labute approximate surface area is 322 Å². The van der Waals surface area contributed by atoms with Crippen LogP contribution in [0.3, 0.4) is 0 Å². The molecule has 0 aliphatic carbocycles. The molecule has 0 N–H and O–H groups in total. The number of benzene rings is 5. The molecule has 4 heterocycles. The number of fused-ring (bicyclic) bond motifs is 4. The van der Waals surface area contributed by atoms with Crippen LogP contribution in [0.25, 0.3) is 39.0 Å². The Morgan fingerprint density at radius 1 is 0.509 bits per heavy atom. The lowest BCUT2D eigenvalue weighted by molar-refractivity contribution is 0.483. The Kier molecular flexibility index (Phi) is 8.19. The number of nitrogens with zero attached hydrogens (tertiary/aromatic N) is 6. The molecular formula is C48H44N6O. The Balaban J connectivity index is 1.09. The minimum absolute atomic E-state index is 0.00230. The van der Waals surface area contributed by atoms with Crippen molar-refractivity contribution in [2.45, 2.75) is 52.4 Å². The number of hydrogen-bond acceptors (Lipinski definition) is 6. The largest absolute Gasteiger partial charge is 0.457 e. The third kappa shape index (κ3) is 6.25. The summed E-state index contributed by atoms with van der Waals surface area (Å²) in [4.78, 5) is 18.9. The van der Waals surface area contributed by atoms with E-state index in [0.717, 1.165) is 62.0 Å². The van der Waals surface area contributed by atoms with Gasteiger partial charge >= 0.3 is 0 Å². The average molecular weight is 721 g/mol. The number of pyridine rings is 1. The molecule has 0 fully saturated rings. The van der Waals surface area contributed by atoms with Crippen molar-refractivity contribution in [1.29, 1.82) is 0 Å². The first-order valence-corrected chi connectivity index (χ1v) is 18.9. The Morgan fingerprint density at radius 2 is 1.20 bits per heavy atom. The van der Waals surface area contributed by atoms with Gasteiger partial charge in [-0.2, -0.15) is 0 Å². The van der Waals surface area contributed by atoms with Crippen molar-refractivity contribution in [3.8, 4) is 28.7 Å². The lowest BCUT2D eigenvalue weighted by atomic mass is 9.86. The molecule has 0 atom stereocenters. The highest BCUT2D eigenvalue weighted by Gasteiger charge is 2.31. The summed E-state index contributed by atoms with van der Waals surface area (Å²) in [5.74, 6) is 3.12. The second-order valence-corrected chi connectivity index (χ2v) is 16.3. The molecule has 0 amide bonds. The molecule has 7 nitrogen and oxygen atoms in total. The van der Waals surface area contributed by atoms with E-state index in [2.05, 4.69) is 181 Å². The summed E-state index contributed by atoms with van der Waals surface area (Å²) in [5.41, 5.74) is 9.98. The molecule has 1 aliphatic rings. The van der Waals surface area contributed by atoms with E-state index in [0.29, 0.717) is 12.5 Å². The second-order valence-electron chi connectivity index (χ2n) is 16.3. The highest BCUT2D eigenvalue weighted by atomic mass is 16.5. The molecule has 3 aromatic heterocycles. The van der Waals surface area contributed by atoms with Gasteiger partial charge < -0.3 is 14.5 Å². The van der Waals surface area contributed by atoms with Crippen molar-refractivity contribution in [2.24, 2.45) is 0 Å². The van der Waals surface area contributed by atoms with E-state index in [4.69, 9.17) is 9.72 Å².